The van der Waals surface area contributed by atoms with Crippen LogP contribution in [-0.2, 0) is 6.54 Å². The van der Waals surface area contributed by atoms with Crippen molar-refractivity contribution in [3.05, 3.63) is 29.8 Å². The topological polar surface area (TPSA) is 15.7 Å². The van der Waals surface area contributed by atoms with Crippen LogP contribution >= 0.6 is 0 Å². The number of fused-ring (bicyclic) bond motifs is 1. The molecule has 0 aromatic heterocycles. The molecule has 0 aliphatic carbocycles. The number of para-hydroxylation sites is 1. The zero-order chi connectivity index (χ0) is 12.0. The lowest BCUT2D eigenvalue weighted by molar-refractivity contribution is -0.0459. The fraction of sp³-hybridized carbons (Fsp3) is 0.538. The molecule has 1 aliphatic heterocycles. The third kappa shape index (κ3) is 3.51. The molecule has 0 amide bonds. The lowest BCUT2D eigenvalue weighted by Gasteiger charge is -2.17. The third-order valence-corrected chi connectivity index (χ3v) is 2.34. The maximum atomic E-state index is 5.66. The summed E-state index contributed by atoms with van der Waals surface area (Å²) in [5.41, 5.74) is 1.28. The third-order valence-electron chi connectivity index (χ3n) is 2.34. The molecule has 1 aliphatic rings. The Labute approximate surface area is 98.6 Å². The van der Waals surface area contributed by atoms with E-state index in [1.165, 1.54) is 5.56 Å². The molecule has 1 aromatic rings. The van der Waals surface area contributed by atoms with Gasteiger partial charge in [-0.25, -0.2) is 0 Å². The van der Waals surface area contributed by atoms with Crippen LogP contribution in [0.3, 0.4) is 0 Å². The summed E-state index contributed by atoms with van der Waals surface area (Å²) < 4.78 is 0. The number of nitrogens with zero attached hydrogens (tertiary/aromatic N) is 2. The van der Waals surface area contributed by atoms with E-state index in [2.05, 4.69) is 31.1 Å². The summed E-state index contributed by atoms with van der Waals surface area (Å²) in [6, 6.07) is 8.20. The van der Waals surface area contributed by atoms with Crippen molar-refractivity contribution in [1.29, 1.82) is 0 Å². The normalized spacial score (nSPS) is 14.1. The van der Waals surface area contributed by atoms with Crippen LogP contribution in [0.15, 0.2) is 24.3 Å². The fourth-order valence-electron chi connectivity index (χ4n) is 1.52. The molecule has 0 saturated heterocycles. The van der Waals surface area contributed by atoms with E-state index >= 15 is 0 Å². The molecule has 3 nitrogen and oxygen atoms in total. The Kier molecular flexibility index (Phi) is 5.29. The highest BCUT2D eigenvalue weighted by Gasteiger charge is 2.19. The summed E-state index contributed by atoms with van der Waals surface area (Å²) in [5, 5.41) is 2.00. The zero-order valence-corrected chi connectivity index (χ0v) is 10.7. The highest BCUT2D eigenvalue weighted by molar-refractivity contribution is 5.34. The molecule has 0 N–H and O–H groups in total. The average molecular weight is 222 g/mol. The van der Waals surface area contributed by atoms with Gasteiger partial charge in [0.15, 0.2) is 5.75 Å². The average Bonchev–Trinajstić information content (AvgIpc) is 2.71. The monoisotopic (exact) mass is 222 g/mol. The van der Waals surface area contributed by atoms with E-state index in [1.807, 2.05) is 31.0 Å². The smallest absolute Gasteiger partial charge is 0.152 e. The minimum absolute atomic E-state index is 0.907. The second-order valence-corrected chi connectivity index (χ2v) is 3.87. The van der Waals surface area contributed by atoms with Gasteiger partial charge in [-0.3, -0.25) is 0 Å². The van der Waals surface area contributed by atoms with Crippen molar-refractivity contribution < 1.29 is 4.84 Å². The molecule has 1 aromatic carbocycles. The standard InChI is InChI=1S/C11H16N2O.C2H6/c1-12(2)7-8-13-9-10-5-3-4-6-11(10)14-13;1-2/h3-6H,7-9H2,1-2H3;1-2H3. The lowest BCUT2D eigenvalue weighted by atomic mass is 10.2. The maximum absolute atomic E-state index is 5.66. The van der Waals surface area contributed by atoms with Crippen molar-refractivity contribution >= 4 is 0 Å². The second kappa shape index (κ2) is 6.51. The Balaban J connectivity index is 0.000000606. The minimum atomic E-state index is 0.907. The molecule has 90 valence electrons. The van der Waals surface area contributed by atoms with Gasteiger partial charge >= 0.3 is 0 Å². The van der Waals surface area contributed by atoms with Crippen LogP contribution in [0, 0.1) is 0 Å². The van der Waals surface area contributed by atoms with Crippen LogP contribution < -0.4 is 4.84 Å². The molecule has 0 atom stereocenters. The second-order valence-electron chi connectivity index (χ2n) is 3.87. The summed E-state index contributed by atoms with van der Waals surface area (Å²) in [7, 11) is 4.15. The molecule has 0 saturated carbocycles. The first kappa shape index (κ1) is 13.0. The Morgan fingerprint density at radius 1 is 1.25 bits per heavy atom. The van der Waals surface area contributed by atoms with Crippen LogP contribution in [0.1, 0.15) is 19.4 Å². The number of benzene rings is 1. The van der Waals surface area contributed by atoms with Crippen molar-refractivity contribution in [2.45, 2.75) is 20.4 Å². The first-order valence-electron chi connectivity index (χ1n) is 5.91. The van der Waals surface area contributed by atoms with Gasteiger partial charge in [0.05, 0.1) is 6.54 Å². The molecule has 0 unspecified atom stereocenters. The van der Waals surface area contributed by atoms with Gasteiger partial charge in [0, 0.05) is 18.7 Å². The molecule has 0 bridgehead atoms. The lowest BCUT2D eigenvalue weighted by Crippen LogP contribution is -2.30. The Morgan fingerprint density at radius 3 is 2.56 bits per heavy atom. The van der Waals surface area contributed by atoms with Crippen LogP contribution in [-0.4, -0.2) is 37.1 Å². The quantitative estimate of drug-likeness (QED) is 0.781. The van der Waals surface area contributed by atoms with Gasteiger partial charge in [0.25, 0.3) is 0 Å². The fourth-order valence-corrected chi connectivity index (χ4v) is 1.52. The summed E-state index contributed by atoms with van der Waals surface area (Å²) in [6.45, 7) is 6.87. The summed E-state index contributed by atoms with van der Waals surface area (Å²) >= 11 is 0. The van der Waals surface area contributed by atoms with Gasteiger partial charge in [-0.15, -0.1) is 5.06 Å². The van der Waals surface area contributed by atoms with E-state index < -0.39 is 0 Å². The SMILES string of the molecule is CC.CN(C)CCN1Cc2ccccc2O1. The van der Waals surface area contributed by atoms with Gasteiger partial charge in [-0.2, -0.15) is 0 Å². The molecule has 2 rings (SSSR count). The molecule has 0 radical (unpaired) electrons. The first-order chi connectivity index (χ1) is 7.75. The zero-order valence-electron chi connectivity index (χ0n) is 10.7. The van der Waals surface area contributed by atoms with Crippen molar-refractivity contribution in [1.82, 2.24) is 9.96 Å². The number of hydrogen-bond donors (Lipinski definition) is 0. The molecule has 3 heteroatoms. The molecule has 1 heterocycles. The highest BCUT2D eigenvalue weighted by Crippen LogP contribution is 2.26. The predicted molar refractivity (Wildman–Crippen MR) is 67.4 cm³/mol. The largest absolute Gasteiger partial charge is 0.405 e. The molecular weight excluding hydrogens is 200 g/mol. The van der Waals surface area contributed by atoms with Gasteiger partial charge < -0.3 is 9.74 Å². The van der Waals surface area contributed by atoms with E-state index in [-0.39, 0.29) is 0 Å². The number of hydrogen-bond acceptors (Lipinski definition) is 3. The van der Waals surface area contributed by atoms with E-state index in [0.29, 0.717) is 0 Å². The maximum Gasteiger partial charge on any atom is 0.152 e. The van der Waals surface area contributed by atoms with E-state index in [4.69, 9.17) is 4.84 Å². The molecule has 0 spiro atoms. The van der Waals surface area contributed by atoms with Crippen LogP contribution in [0.2, 0.25) is 0 Å². The van der Waals surface area contributed by atoms with Gasteiger partial charge in [-0.1, -0.05) is 32.0 Å². The van der Waals surface area contributed by atoms with Crippen LogP contribution in [0.5, 0.6) is 5.75 Å². The summed E-state index contributed by atoms with van der Waals surface area (Å²) in [4.78, 5) is 7.82. The van der Waals surface area contributed by atoms with Crippen molar-refractivity contribution in [3.8, 4) is 5.75 Å². The van der Waals surface area contributed by atoms with Crippen LogP contribution in [0.25, 0.3) is 0 Å². The van der Waals surface area contributed by atoms with Crippen molar-refractivity contribution in [2.75, 3.05) is 27.2 Å². The van der Waals surface area contributed by atoms with E-state index in [1.54, 1.807) is 0 Å². The predicted octanol–water partition coefficient (Wildman–Crippen LogP) is 2.38. The Bertz CT molecular complexity index is 288. The minimum Gasteiger partial charge on any atom is -0.405 e. The molecule has 16 heavy (non-hydrogen) atoms. The highest BCUT2D eigenvalue weighted by atomic mass is 16.7. The van der Waals surface area contributed by atoms with Crippen molar-refractivity contribution in [2.24, 2.45) is 0 Å². The number of hydroxylamine groups is 2. The number of likely N-dealkylation sites (N-methyl/N-ethyl adjacent to an activating group) is 1. The Hall–Kier alpha value is -1.06. The van der Waals surface area contributed by atoms with Gasteiger partial charge in [0.1, 0.15) is 0 Å². The van der Waals surface area contributed by atoms with E-state index in [9.17, 15) is 0 Å². The van der Waals surface area contributed by atoms with Crippen LogP contribution in [0.4, 0.5) is 0 Å². The van der Waals surface area contributed by atoms with Gasteiger partial charge in [0.2, 0.25) is 0 Å². The van der Waals surface area contributed by atoms with E-state index in [0.717, 1.165) is 25.4 Å². The number of rotatable bonds is 3. The molecular formula is C13H22N2O. The van der Waals surface area contributed by atoms with Gasteiger partial charge in [-0.05, 0) is 20.2 Å². The molecule has 0 fully saturated rings. The first-order valence-corrected chi connectivity index (χ1v) is 5.91. The summed E-state index contributed by atoms with van der Waals surface area (Å²) in [6.07, 6.45) is 0. The van der Waals surface area contributed by atoms with Crippen molar-refractivity contribution in [3.63, 3.8) is 0 Å². The summed E-state index contributed by atoms with van der Waals surface area (Å²) in [5.74, 6) is 1.01. The Morgan fingerprint density at radius 2 is 1.94 bits per heavy atom.